The van der Waals surface area contributed by atoms with E-state index in [9.17, 15) is 9.59 Å². The van der Waals surface area contributed by atoms with Gasteiger partial charge in [-0.05, 0) is 0 Å². The van der Waals surface area contributed by atoms with Gasteiger partial charge in [0.05, 0.1) is 24.9 Å². The normalized spacial score (nSPS) is 9.29. The minimum absolute atomic E-state index is 0.0347. The standard InChI is InChI=1S/C8H14N2O3S/c1-10(4-3-8(12)13-2)7(11)5-6(9)14/h3-5H2,1-2H3,(H2,9,14). The van der Waals surface area contributed by atoms with Crippen molar-refractivity contribution in [3.63, 3.8) is 0 Å². The summed E-state index contributed by atoms with van der Waals surface area (Å²) in [6.07, 6.45) is 0.211. The van der Waals surface area contributed by atoms with Crippen LogP contribution in [0.5, 0.6) is 0 Å². The van der Waals surface area contributed by atoms with Crippen molar-refractivity contribution < 1.29 is 14.3 Å². The fourth-order valence-electron chi connectivity index (χ4n) is 0.770. The second-order valence-corrected chi connectivity index (χ2v) is 3.31. The molecule has 0 aromatic carbocycles. The molecule has 0 spiro atoms. The average molecular weight is 218 g/mol. The second kappa shape index (κ2) is 6.31. The van der Waals surface area contributed by atoms with Crippen molar-refractivity contribution in [1.82, 2.24) is 4.90 Å². The molecule has 0 saturated heterocycles. The maximum atomic E-state index is 11.3. The van der Waals surface area contributed by atoms with Crippen LogP contribution in [0.15, 0.2) is 0 Å². The van der Waals surface area contributed by atoms with Gasteiger partial charge < -0.3 is 15.4 Å². The fourth-order valence-corrected chi connectivity index (χ4v) is 0.893. The zero-order chi connectivity index (χ0) is 11.1. The highest BCUT2D eigenvalue weighted by Gasteiger charge is 2.11. The Labute approximate surface area is 88.2 Å². The topological polar surface area (TPSA) is 72.6 Å². The molecule has 0 fully saturated rings. The van der Waals surface area contributed by atoms with Crippen molar-refractivity contribution in [2.45, 2.75) is 12.8 Å². The van der Waals surface area contributed by atoms with Crippen molar-refractivity contribution in [1.29, 1.82) is 0 Å². The molecule has 0 radical (unpaired) electrons. The van der Waals surface area contributed by atoms with Crippen molar-refractivity contribution in [3.05, 3.63) is 0 Å². The number of hydrogen-bond donors (Lipinski definition) is 1. The van der Waals surface area contributed by atoms with Crippen molar-refractivity contribution in [2.75, 3.05) is 20.7 Å². The molecule has 0 aromatic heterocycles. The van der Waals surface area contributed by atoms with Gasteiger partial charge >= 0.3 is 5.97 Å². The summed E-state index contributed by atoms with van der Waals surface area (Å²) < 4.78 is 4.43. The number of thiocarbonyl (C=S) groups is 1. The van der Waals surface area contributed by atoms with E-state index >= 15 is 0 Å². The first kappa shape index (κ1) is 12.8. The zero-order valence-corrected chi connectivity index (χ0v) is 9.10. The largest absolute Gasteiger partial charge is 0.469 e. The van der Waals surface area contributed by atoms with Gasteiger partial charge in [-0.25, -0.2) is 0 Å². The molecule has 80 valence electrons. The van der Waals surface area contributed by atoms with E-state index in [1.807, 2.05) is 0 Å². The second-order valence-electron chi connectivity index (χ2n) is 2.78. The number of esters is 1. The molecule has 6 heteroatoms. The van der Waals surface area contributed by atoms with E-state index in [4.69, 9.17) is 5.73 Å². The Balaban J connectivity index is 3.84. The molecular formula is C8H14N2O3S. The smallest absolute Gasteiger partial charge is 0.307 e. The van der Waals surface area contributed by atoms with Crippen LogP contribution >= 0.6 is 12.2 Å². The summed E-state index contributed by atoms with van der Waals surface area (Å²) in [7, 11) is 2.89. The summed E-state index contributed by atoms with van der Waals surface area (Å²) in [5, 5.41) is 0. The SMILES string of the molecule is COC(=O)CCN(C)C(=O)CC(N)=S. The minimum atomic E-state index is -0.347. The summed E-state index contributed by atoms with van der Waals surface area (Å²) >= 11 is 4.59. The Morgan fingerprint density at radius 1 is 1.50 bits per heavy atom. The molecule has 1 amide bonds. The Kier molecular flexibility index (Phi) is 5.78. The summed E-state index contributed by atoms with van der Waals surface area (Å²) in [5.74, 6) is -0.540. The molecule has 0 bridgehead atoms. The lowest BCUT2D eigenvalue weighted by Crippen LogP contribution is -2.31. The van der Waals surface area contributed by atoms with Gasteiger partial charge in [-0.2, -0.15) is 0 Å². The first-order chi connectivity index (χ1) is 6.47. The van der Waals surface area contributed by atoms with E-state index in [2.05, 4.69) is 17.0 Å². The molecule has 0 aliphatic rings. The molecule has 0 aromatic rings. The fraction of sp³-hybridized carbons (Fsp3) is 0.625. The molecule has 0 heterocycles. The maximum absolute atomic E-state index is 11.3. The van der Waals surface area contributed by atoms with E-state index in [-0.39, 0.29) is 29.7 Å². The van der Waals surface area contributed by atoms with Crippen molar-refractivity contribution in [3.8, 4) is 0 Å². The number of methoxy groups -OCH3 is 1. The van der Waals surface area contributed by atoms with Crippen LogP contribution in [-0.4, -0.2) is 42.5 Å². The number of ether oxygens (including phenoxy) is 1. The predicted octanol–water partition coefficient (Wildman–Crippen LogP) is -0.316. The average Bonchev–Trinajstić information content (AvgIpc) is 2.12. The highest BCUT2D eigenvalue weighted by atomic mass is 32.1. The van der Waals surface area contributed by atoms with Gasteiger partial charge in [-0.1, -0.05) is 12.2 Å². The number of carbonyl (C=O) groups excluding carboxylic acids is 2. The molecule has 0 aliphatic carbocycles. The molecule has 5 nitrogen and oxygen atoms in total. The highest BCUT2D eigenvalue weighted by molar-refractivity contribution is 7.80. The number of hydrogen-bond acceptors (Lipinski definition) is 4. The van der Waals surface area contributed by atoms with Gasteiger partial charge in [0.25, 0.3) is 0 Å². The maximum Gasteiger partial charge on any atom is 0.307 e. The molecule has 0 unspecified atom stereocenters. The number of amides is 1. The lowest BCUT2D eigenvalue weighted by molar-refractivity contribution is -0.141. The lowest BCUT2D eigenvalue weighted by atomic mass is 10.3. The monoisotopic (exact) mass is 218 g/mol. The van der Waals surface area contributed by atoms with Gasteiger partial charge in [0, 0.05) is 13.6 Å². The number of carbonyl (C=O) groups is 2. The predicted molar refractivity (Wildman–Crippen MR) is 55.7 cm³/mol. The number of rotatable bonds is 5. The summed E-state index contributed by atoms with van der Waals surface area (Å²) in [4.78, 5) is 23.6. The van der Waals surface area contributed by atoms with Crippen LogP contribution in [0, 0.1) is 0 Å². The van der Waals surface area contributed by atoms with E-state index < -0.39 is 0 Å². The van der Waals surface area contributed by atoms with Crippen LogP contribution in [0.3, 0.4) is 0 Å². The van der Waals surface area contributed by atoms with Crippen LogP contribution in [0.2, 0.25) is 0 Å². The Morgan fingerprint density at radius 3 is 2.50 bits per heavy atom. The molecule has 0 atom stereocenters. The Morgan fingerprint density at radius 2 is 2.07 bits per heavy atom. The van der Waals surface area contributed by atoms with E-state index in [1.54, 1.807) is 7.05 Å². The van der Waals surface area contributed by atoms with Crippen LogP contribution in [-0.2, 0) is 14.3 Å². The Hall–Kier alpha value is -1.17. The van der Waals surface area contributed by atoms with Crippen LogP contribution in [0.1, 0.15) is 12.8 Å². The van der Waals surface area contributed by atoms with Crippen molar-refractivity contribution >= 4 is 29.1 Å². The molecule has 0 aliphatic heterocycles. The van der Waals surface area contributed by atoms with Gasteiger partial charge in [0.15, 0.2) is 0 Å². The highest BCUT2D eigenvalue weighted by Crippen LogP contribution is 1.94. The first-order valence-electron chi connectivity index (χ1n) is 4.06. The third kappa shape index (κ3) is 5.47. The van der Waals surface area contributed by atoms with Gasteiger partial charge in [0.1, 0.15) is 0 Å². The summed E-state index contributed by atoms with van der Waals surface area (Å²) in [6.45, 7) is 0.314. The first-order valence-corrected chi connectivity index (χ1v) is 4.47. The summed E-state index contributed by atoms with van der Waals surface area (Å²) in [5.41, 5.74) is 5.21. The Bertz CT molecular complexity index is 243. The van der Waals surface area contributed by atoms with Crippen LogP contribution in [0.4, 0.5) is 0 Å². The molecule has 2 N–H and O–H groups in total. The summed E-state index contributed by atoms with van der Waals surface area (Å²) in [6, 6.07) is 0. The van der Waals surface area contributed by atoms with Gasteiger partial charge in [-0.3, -0.25) is 9.59 Å². The minimum Gasteiger partial charge on any atom is -0.469 e. The third-order valence-corrected chi connectivity index (χ3v) is 1.77. The number of nitrogens with zero attached hydrogens (tertiary/aromatic N) is 1. The zero-order valence-electron chi connectivity index (χ0n) is 8.28. The molecule has 0 saturated carbocycles. The lowest BCUT2D eigenvalue weighted by Gasteiger charge is -2.15. The van der Waals surface area contributed by atoms with Gasteiger partial charge in [-0.15, -0.1) is 0 Å². The van der Waals surface area contributed by atoms with E-state index in [0.29, 0.717) is 6.54 Å². The molecule has 14 heavy (non-hydrogen) atoms. The quantitative estimate of drug-likeness (QED) is 0.506. The molecular weight excluding hydrogens is 204 g/mol. The number of nitrogens with two attached hydrogens (primary N) is 1. The van der Waals surface area contributed by atoms with E-state index in [1.165, 1.54) is 12.0 Å². The van der Waals surface area contributed by atoms with Crippen molar-refractivity contribution in [2.24, 2.45) is 5.73 Å². The van der Waals surface area contributed by atoms with E-state index in [0.717, 1.165) is 0 Å². The van der Waals surface area contributed by atoms with Crippen LogP contribution in [0.25, 0.3) is 0 Å². The third-order valence-electron chi connectivity index (χ3n) is 1.63. The molecule has 0 rings (SSSR count). The van der Waals surface area contributed by atoms with Gasteiger partial charge in [0.2, 0.25) is 5.91 Å². The van der Waals surface area contributed by atoms with Crippen LogP contribution < -0.4 is 5.73 Å².